The van der Waals surface area contributed by atoms with E-state index in [-0.39, 0.29) is 0 Å². The summed E-state index contributed by atoms with van der Waals surface area (Å²) >= 11 is 2.00. The van der Waals surface area contributed by atoms with E-state index >= 15 is 0 Å². The van der Waals surface area contributed by atoms with Crippen LogP contribution in [0.1, 0.15) is 6.92 Å². The fourth-order valence-corrected chi connectivity index (χ4v) is 3.22. The monoisotopic (exact) mass is 281 g/mol. The average Bonchev–Trinajstić information content (AvgIpc) is 2.41. The summed E-state index contributed by atoms with van der Waals surface area (Å²) in [5.41, 5.74) is 0.459. The van der Waals surface area contributed by atoms with E-state index < -0.39 is 7.12 Å². The quantitative estimate of drug-likeness (QED) is 0.754. The van der Waals surface area contributed by atoms with E-state index in [0.717, 1.165) is 13.1 Å². The van der Waals surface area contributed by atoms with Crippen molar-refractivity contribution in [2.45, 2.75) is 13.0 Å². The first-order valence-electron chi connectivity index (χ1n) is 6.57. The molecule has 0 bridgehead atoms. The Labute approximate surface area is 118 Å². The zero-order valence-corrected chi connectivity index (χ0v) is 12.0. The Kier molecular flexibility index (Phi) is 5.57. The van der Waals surface area contributed by atoms with Gasteiger partial charge in [-0.2, -0.15) is 11.8 Å². The van der Waals surface area contributed by atoms with Gasteiger partial charge in [0.05, 0.1) is 0 Å². The third-order valence-electron chi connectivity index (χ3n) is 3.31. The van der Waals surface area contributed by atoms with Gasteiger partial charge in [0.2, 0.25) is 0 Å². The lowest BCUT2D eigenvalue weighted by Crippen LogP contribution is -2.42. The minimum Gasteiger partial charge on any atom is -0.492 e. The number of ether oxygens (including phenoxy) is 1. The van der Waals surface area contributed by atoms with E-state index in [1.807, 2.05) is 17.8 Å². The Hall–Kier alpha value is -0.685. The molecule has 1 unspecified atom stereocenters. The minimum absolute atomic E-state index is 0.459. The SMILES string of the molecule is CC1CSCCN1CCOc1cccc(B(O)O)c1. The van der Waals surface area contributed by atoms with Crippen LogP contribution in [-0.4, -0.2) is 59.3 Å². The predicted molar refractivity (Wildman–Crippen MR) is 80.1 cm³/mol. The Balaban J connectivity index is 1.80. The Morgan fingerprint density at radius 2 is 2.32 bits per heavy atom. The first-order valence-corrected chi connectivity index (χ1v) is 7.73. The van der Waals surface area contributed by atoms with Crippen LogP contribution in [0.25, 0.3) is 0 Å². The van der Waals surface area contributed by atoms with E-state index in [1.54, 1.807) is 18.2 Å². The highest BCUT2D eigenvalue weighted by molar-refractivity contribution is 7.99. The first-order chi connectivity index (χ1) is 9.16. The van der Waals surface area contributed by atoms with Crippen molar-refractivity contribution in [1.29, 1.82) is 0 Å². The number of hydrogen-bond acceptors (Lipinski definition) is 5. The van der Waals surface area contributed by atoms with Crippen LogP contribution >= 0.6 is 11.8 Å². The molecule has 4 nitrogen and oxygen atoms in total. The molecule has 2 rings (SSSR count). The topological polar surface area (TPSA) is 52.9 Å². The summed E-state index contributed by atoms with van der Waals surface area (Å²) < 4.78 is 5.68. The number of rotatable bonds is 5. The van der Waals surface area contributed by atoms with Crippen molar-refractivity contribution in [2.24, 2.45) is 0 Å². The number of hydrogen-bond donors (Lipinski definition) is 2. The second-order valence-electron chi connectivity index (χ2n) is 4.75. The molecule has 1 heterocycles. The van der Waals surface area contributed by atoms with E-state index in [4.69, 9.17) is 14.8 Å². The van der Waals surface area contributed by atoms with Crippen molar-refractivity contribution in [3.8, 4) is 5.75 Å². The molecule has 0 spiro atoms. The lowest BCUT2D eigenvalue weighted by atomic mass is 9.80. The number of benzene rings is 1. The molecule has 1 fully saturated rings. The highest BCUT2D eigenvalue weighted by atomic mass is 32.2. The van der Waals surface area contributed by atoms with Crippen molar-refractivity contribution in [2.75, 3.05) is 31.2 Å². The van der Waals surface area contributed by atoms with Gasteiger partial charge < -0.3 is 14.8 Å². The maximum absolute atomic E-state index is 9.10. The summed E-state index contributed by atoms with van der Waals surface area (Å²) in [6, 6.07) is 7.54. The molecule has 2 N–H and O–H groups in total. The van der Waals surface area contributed by atoms with Crippen molar-refractivity contribution < 1.29 is 14.8 Å². The molecule has 1 atom stereocenters. The lowest BCUT2D eigenvalue weighted by Gasteiger charge is -2.32. The van der Waals surface area contributed by atoms with Crippen LogP contribution in [0.15, 0.2) is 24.3 Å². The lowest BCUT2D eigenvalue weighted by molar-refractivity contribution is 0.183. The van der Waals surface area contributed by atoms with Gasteiger partial charge in [-0.1, -0.05) is 12.1 Å². The van der Waals surface area contributed by atoms with Crippen LogP contribution in [0, 0.1) is 0 Å². The average molecular weight is 281 g/mol. The first kappa shape index (κ1) is 14.7. The number of nitrogens with zero attached hydrogens (tertiary/aromatic N) is 1. The van der Waals surface area contributed by atoms with Crippen LogP contribution < -0.4 is 10.2 Å². The molecule has 1 aromatic carbocycles. The fraction of sp³-hybridized carbons (Fsp3) is 0.538. The van der Waals surface area contributed by atoms with Crippen LogP contribution in [0.2, 0.25) is 0 Å². The van der Waals surface area contributed by atoms with Crippen LogP contribution in [0.5, 0.6) is 5.75 Å². The van der Waals surface area contributed by atoms with E-state index in [9.17, 15) is 0 Å². The van der Waals surface area contributed by atoms with Gasteiger partial charge in [-0.3, -0.25) is 4.90 Å². The maximum Gasteiger partial charge on any atom is 0.488 e. The van der Waals surface area contributed by atoms with Gasteiger partial charge in [-0.15, -0.1) is 0 Å². The van der Waals surface area contributed by atoms with E-state index in [2.05, 4.69) is 11.8 Å². The van der Waals surface area contributed by atoms with Gasteiger partial charge in [0.1, 0.15) is 12.4 Å². The van der Waals surface area contributed by atoms with Crippen molar-refractivity contribution in [3.63, 3.8) is 0 Å². The zero-order valence-electron chi connectivity index (χ0n) is 11.2. The zero-order chi connectivity index (χ0) is 13.7. The summed E-state index contributed by atoms with van der Waals surface area (Å²) in [4.78, 5) is 2.43. The van der Waals surface area contributed by atoms with Gasteiger partial charge in [0.25, 0.3) is 0 Å². The van der Waals surface area contributed by atoms with Gasteiger partial charge >= 0.3 is 7.12 Å². The minimum atomic E-state index is -1.44. The summed E-state index contributed by atoms with van der Waals surface area (Å²) in [5.74, 6) is 3.06. The number of thioether (sulfide) groups is 1. The van der Waals surface area contributed by atoms with Crippen LogP contribution in [-0.2, 0) is 0 Å². The molecule has 6 heteroatoms. The largest absolute Gasteiger partial charge is 0.492 e. The van der Waals surface area contributed by atoms with Gasteiger partial charge in [-0.25, -0.2) is 0 Å². The maximum atomic E-state index is 9.10. The predicted octanol–water partition coefficient (Wildman–Crippen LogP) is 0.182. The molecule has 0 saturated carbocycles. The van der Waals surface area contributed by atoms with Crippen molar-refractivity contribution >= 4 is 24.3 Å². The summed E-state index contributed by atoms with van der Waals surface area (Å²) in [6.07, 6.45) is 0. The van der Waals surface area contributed by atoms with Crippen LogP contribution in [0.4, 0.5) is 0 Å². The Morgan fingerprint density at radius 1 is 1.47 bits per heavy atom. The van der Waals surface area contributed by atoms with E-state index in [0.29, 0.717) is 23.9 Å². The summed E-state index contributed by atoms with van der Waals surface area (Å²) in [7, 11) is -1.44. The normalized spacial score (nSPS) is 20.3. The standard InChI is InChI=1S/C13H20BNO3S/c1-11-10-19-8-6-15(11)5-7-18-13-4-2-3-12(9-13)14(16)17/h2-4,9,11,16-17H,5-8,10H2,1H3. The van der Waals surface area contributed by atoms with E-state index in [1.165, 1.54) is 11.5 Å². The molecule has 0 aromatic heterocycles. The van der Waals surface area contributed by atoms with Gasteiger partial charge in [0.15, 0.2) is 0 Å². The second-order valence-corrected chi connectivity index (χ2v) is 5.90. The molecular formula is C13H20BNO3S. The highest BCUT2D eigenvalue weighted by Gasteiger charge is 2.18. The molecule has 19 heavy (non-hydrogen) atoms. The second kappa shape index (κ2) is 7.19. The third-order valence-corrected chi connectivity index (χ3v) is 4.50. The highest BCUT2D eigenvalue weighted by Crippen LogP contribution is 2.15. The van der Waals surface area contributed by atoms with Gasteiger partial charge in [-0.05, 0) is 24.5 Å². The van der Waals surface area contributed by atoms with Crippen molar-refractivity contribution in [3.05, 3.63) is 24.3 Å². The molecule has 0 aliphatic carbocycles. The molecule has 0 radical (unpaired) electrons. The molecule has 1 aromatic rings. The molecule has 1 aliphatic rings. The Bertz CT molecular complexity index is 405. The summed E-state index contributed by atoms with van der Waals surface area (Å²) in [5, 5.41) is 18.2. The molecule has 0 amide bonds. The Morgan fingerprint density at radius 3 is 3.05 bits per heavy atom. The third kappa shape index (κ3) is 4.42. The molecular weight excluding hydrogens is 261 g/mol. The van der Waals surface area contributed by atoms with Gasteiger partial charge in [0, 0.05) is 30.6 Å². The summed E-state index contributed by atoms with van der Waals surface area (Å²) in [6.45, 7) is 4.90. The van der Waals surface area contributed by atoms with Crippen molar-refractivity contribution in [1.82, 2.24) is 4.90 Å². The fourth-order valence-electron chi connectivity index (χ4n) is 2.14. The molecule has 104 valence electrons. The molecule has 1 aliphatic heterocycles. The smallest absolute Gasteiger partial charge is 0.488 e. The molecule has 1 saturated heterocycles. The van der Waals surface area contributed by atoms with Crippen LogP contribution in [0.3, 0.4) is 0 Å².